The first-order chi connectivity index (χ1) is 8.16. The van der Waals surface area contributed by atoms with Gasteiger partial charge in [-0.15, -0.1) is 11.8 Å². The molecule has 1 fully saturated rings. The molecule has 1 aliphatic carbocycles. The van der Waals surface area contributed by atoms with E-state index in [1.807, 2.05) is 6.07 Å². The van der Waals surface area contributed by atoms with Crippen LogP contribution in [0.5, 0.6) is 0 Å². The second kappa shape index (κ2) is 5.54. The first-order valence-corrected chi connectivity index (χ1v) is 6.92. The average Bonchev–Trinajstić information content (AvgIpc) is 2.30. The highest BCUT2D eigenvalue weighted by atomic mass is 32.2. The predicted octanol–water partition coefficient (Wildman–Crippen LogP) is 3.51. The summed E-state index contributed by atoms with van der Waals surface area (Å²) in [5.41, 5.74) is 0.913. The van der Waals surface area contributed by atoms with Gasteiger partial charge in [-0.05, 0) is 31.9 Å². The van der Waals surface area contributed by atoms with Crippen LogP contribution < -0.4 is 0 Å². The van der Waals surface area contributed by atoms with Crippen LogP contribution in [0.4, 0.5) is 0 Å². The van der Waals surface area contributed by atoms with Crippen LogP contribution in [0, 0.1) is 6.92 Å². The number of rotatable bonds is 3. The summed E-state index contributed by atoms with van der Waals surface area (Å²) in [4.78, 5) is 15.2. The molecule has 0 bridgehead atoms. The zero-order chi connectivity index (χ0) is 12.3. The number of hydrogen-bond acceptors (Lipinski definition) is 3. The molecule has 0 amide bonds. The first kappa shape index (κ1) is 12.4. The Hall–Kier alpha value is -1.03. The summed E-state index contributed by atoms with van der Waals surface area (Å²) in [6.45, 7) is 1.76. The van der Waals surface area contributed by atoms with E-state index in [0.717, 1.165) is 5.03 Å². The minimum Gasteiger partial charge on any atom is -0.478 e. The van der Waals surface area contributed by atoms with E-state index in [4.69, 9.17) is 5.11 Å². The second-order valence-corrected chi connectivity index (χ2v) is 5.79. The molecule has 1 saturated carbocycles. The summed E-state index contributed by atoms with van der Waals surface area (Å²) in [5.74, 6) is -0.899. The lowest BCUT2D eigenvalue weighted by molar-refractivity contribution is 0.0695. The van der Waals surface area contributed by atoms with Gasteiger partial charge in [0, 0.05) is 5.25 Å². The molecule has 0 aliphatic heterocycles. The Balaban J connectivity index is 2.06. The molecule has 0 saturated heterocycles. The Morgan fingerprint density at radius 2 is 2.06 bits per heavy atom. The number of pyridine rings is 1. The third kappa shape index (κ3) is 3.22. The highest BCUT2D eigenvalue weighted by Gasteiger charge is 2.16. The quantitative estimate of drug-likeness (QED) is 0.893. The number of hydrogen-bond donors (Lipinski definition) is 1. The van der Waals surface area contributed by atoms with Crippen molar-refractivity contribution < 1.29 is 9.90 Å². The minimum atomic E-state index is -0.899. The van der Waals surface area contributed by atoms with Gasteiger partial charge in [-0.3, -0.25) is 0 Å². The number of carboxylic acid groups (broad SMARTS) is 1. The maximum atomic E-state index is 10.9. The smallest absolute Gasteiger partial charge is 0.337 e. The zero-order valence-corrected chi connectivity index (χ0v) is 10.8. The molecule has 0 unspecified atom stereocenters. The van der Waals surface area contributed by atoms with Gasteiger partial charge in [0.05, 0.1) is 16.3 Å². The van der Waals surface area contributed by atoms with Crippen LogP contribution in [0.2, 0.25) is 0 Å². The standard InChI is InChI=1S/C13H17NO2S/c1-9-11(13(15)16)7-8-12(14-9)17-10-5-3-2-4-6-10/h7-8,10H,2-6H2,1H3,(H,15,16). The summed E-state index contributed by atoms with van der Waals surface area (Å²) in [5, 5.41) is 10.5. The van der Waals surface area contributed by atoms with Gasteiger partial charge in [-0.2, -0.15) is 0 Å². The summed E-state index contributed by atoms with van der Waals surface area (Å²) in [6, 6.07) is 3.49. The van der Waals surface area contributed by atoms with E-state index in [9.17, 15) is 4.79 Å². The van der Waals surface area contributed by atoms with Crippen LogP contribution in [-0.4, -0.2) is 21.3 Å². The van der Waals surface area contributed by atoms with E-state index in [1.54, 1.807) is 24.8 Å². The molecule has 0 spiro atoms. The molecule has 0 radical (unpaired) electrons. The molecule has 1 aromatic heterocycles. The highest BCUT2D eigenvalue weighted by Crippen LogP contribution is 2.32. The Labute approximate surface area is 106 Å². The molecule has 0 aromatic carbocycles. The highest BCUT2D eigenvalue weighted by molar-refractivity contribution is 7.99. The molecule has 2 rings (SSSR count). The van der Waals surface area contributed by atoms with Gasteiger partial charge in [-0.1, -0.05) is 19.3 Å². The number of thioether (sulfide) groups is 1. The Morgan fingerprint density at radius 3 is 2.65 bits per heavy atom. The number of carboxylic acids is 1. The fraction of sp³-hybridized carbons (Fsp3) is 0.538. The van der Waals surface area contributed by atoms with Crippen LogP contribution in [0.1, 0.15) is 48.2 Å². The predicted molar refractivity (Wildman–Crippen MR) is 68.7 cm³/mol. The Bertz CT molecular complexity index is 414. The lowest BCUT2D eigenvalue weighted by Crippen LogP contribution is -2.09. The van der Waals surface area contributed by atoms with Gasteiger partial charge >= 0.3 is 5.97 Å². The van der Waals surface area contributed by atoms with Gasteiger partial charge < -0.3 is 5.11 Å². The van der Waals surface area contributed by atoms with Crippen molar-refractivity contribution in [2.45, 2.75) is 49.3 Å². The summed E-state index contributed by atoms with van der Waals surface area (Å²) >= 11 is 1.80. The van der Waals surface area contributed by atoms with Crippen LogP contribution >= 0.6 is 11.8 Å². The largest absolute Gasteiger partial charge is 0.478 e. The van der Waals surface area contributed by atoms with E-state index >= 15 is 0 Å². The van der Waals surface area contributed by atoms with Crippen molar-refractivity contribution in [3.8, 4) is 0 Å². The molecule has 3 nitrogen and oxygen atoms in total. The molecular formula is C13H17NO2S. The van der Waals surface area contributed by atoms with Gasteiger partial charge in [0.1, 0.15) is 0 Å². The molecule has 17 heavy (non-hydrogen) atoms. The minimum absolute atomic E-state index is 0.304. The van der Waals surface area contributed by atoms with E-state index in [2.05, 4.69) is 4.98 Å². The van der Waals surface area contributed by atoms with Gasteiger partial charge in [0.25, 0.3) is 0 Å². The summed E-state index contributed by atoms with van der Waals surface area (Å²) in [7, 11) is 0. The van der Waals surface area contributed by atoms with Gasteiger partial charge in [0.15, 0.2) is 0 Å². The van der Waals surface area contributed by atoms with Crippen LogP contribution in [0.15, 0.2) is 17.2 Å². The number of aromatic nitrogens is 1. The van der Waals surface area contributed by atoms with E-state index < -0.39 is 5.97 Å². The van der Waals surface area contributed by atoms with Crippen LogP contribution in [-0.2, 0) is 0 Å². The van der Waals surface area contributed by atoms with Crippen LogP contribution in [0.3, 0.4) is 0 Å². The van der Waals surface area contributed by atoms with Crippen molar-refractivity contribution in [1.29, 1.82) is 0 Å². The first-order valence-electron chi connectivity index (χ1n) is 6.04. The lowest BCUT2D eigenvalue weighted by Gasteiger charge is -2.20. The Kier molecular flexibility index (Phi) is 4.05. The topological polar surface area (TPSA) is 50.2 Å². The third-order valence-electron chi connectivity index (χ3n) is 3.13. The fourth-order valence-electron chi connectivity index (χ4n) is 2.18. The second-order valence-electron chi connectivity index (χ2n) is 4.47. The molecule has 4 heteroatoms. The molecule has 1 heterocycles. The SMILES string of the molecule is Cc1nc(SC2CCCCC2)ccc1C(=O)O. The van der Waals surface area contributed by atoms with Gasteiger partial charge in [0.2, 0.25) is 0 Å². The fourth-order valence-corrected chi connectivity index (χ4v) is 3.43. The normalized spacial score (nSPS) is 17.0. The van der Waals surface area contributed by atoms with Crippen molar-refractivity contribution in [1.82, 2.24) is 4.98 Å². The number of aromatic carboxylic acids is 1. The lowest BCUT2D eigenvalue weighted by atomic mass is 10.0. The van der Waals surface area contributed by atoms with E-state index in [0.29, 0.717) is 16.5 Å². The average molecular weight is 251 g/mol. The third-order valence-corrected chi connectivity index (χ3v) is 4.40. The number of carbonyl (C=O) groups is 1. The molecule has 1 N–H and O–H groups in total. The summed E-state index contributed by atoms with van der Waals surface area (Å²) in [6.07, 6.45) is 6.48. The van der Waals surface area contributed by atoms with Crippen LogP contribution in [0.25, 0.3) is 0 Å². The molecule has 1 aromatic rings. The van der Waals surface area contributed by atoms with Crippen molar-refractivity contribution in [2.75, 3.05) is 0 Å². The molecule has 0 atom stereocenters. The summed E-state index contributed by atoms with van der Waals surface area (Å²) < 4.78 is 0. The van der Waals surface area contributed by atoms with Crippen molar-refractivity contribution >= 4 is 17.7 Å². The maximum absolute atomic E-state index is 10.9. The number of nitrogens with zero attached hydrogens (tertiary/aromatic N) is 1. The molecule has 1 aliphatic rings. The molecule has 92 valence electrons. The zero-order valence-electron chi connectivity index (χ0n) is 9.98. The number of aryl methyl sites for hydroxylation is 1. The van der Waals surface area contributed by atoms with Crippen molar-refractivity contribution in [2.24, 2.45) is 0 Å². The van der Waals surface area contributed by atoms with Gasteiger partial charge in [-0.25, -0.2) is 9.78 Å². The molecular weight excluding hydrogens is 234 g/mol. The van der Waals surface area contributed by atoms with Crippen molar-refractivity contribution in [3.05, 3.63) is 23.4 Å². The van der Waals surface area contributed by atoms with E-state index in [1.165, 1.54) is 32.1 Å². The Morgan fingerprint density at radius 1 is 1.35 bits per heavy atom. The maximum Gasteiger partial charge on any atom is 0.337 e. The van der Waals surface area contributed by atoms with E-state index in [-0.39, 0.29) is 0 Å². The van der Waals surface area contributed by atoms with Crippen molar-refractivity contribution in [3.63, 3.8) is 0 Å². The monoisotopic (exact) mass is 251 g/mol.